The number of hydrogen-bond acceptors (Lipinski definition) is 0. The average Bonchev–Trinajstić information content (AvgIpc) is 2.33. The molecule has 0 fully saturated rings. The van der Waals surface area contributed by atoms with Gasteiger partial charge in [-0.25, -0.2) is 0 Å². The SMILES string of the molecule is C[C@H]1CCC2=C(CC=C2)C1. The Morgan fingerprint density at radius 2 is 2.40 bits per heavy atom. The van der Waals surface area contributed by atoms with Crippen LogP contribution in [0.2, 0.25) is 0 Å². The highest BCUT2D eigenvalue weighted by Crippen LogP contribution is 2.35. The molecule has 54 valence electrons. The molecule has 0 amide bonds. The molecule has 0 bridgehead atoms. The predicted molar refractivity (Wildman–Crippen MR) is 43.8 cm³/mol. The van der Waals surface area contributed by atoms with Gasteiger partial charge in [-0.3, -0.25) is 0 Å². The molecular formula is C10H14. The van der Waals surface area contributed by atoms with E-state index < -0.39 is 0 Å². The van der Waals surface area contributed by atoms with E-state index in [0.29, 0.717) is 0 Å². The maximum Gasteiger partial charge on any atom is -0.0130 e. The van der Waals surface area contributed by atoms with Crippen LogP contribution in [0.4, 0.5) is 0 Å². The summed E-state index contributed by atoms with van der Waals surface area (Å²) in [6, 6.07) is 0. The van der Waals surface area contributed by atoms with Crippen molar-refractivity contribution in [2.24, 2.45) is 5.92 Å². The number of hydrogen-bond donors (Lipinski definition) is 0. The first-order valence-electron chi connectivity index (χ1n) is 4.23. The Morgan fingerprint density at radius 3 is 3.30 bits per heavy atom. The minimum absolute atomic E-state index is 0.943. The fourth-order valence-corrected chi connectivity index (χ4v) is 1.99. The molecule has 2 aliphatic carbocycles. The van der Waals surface area contributed by atoms with E-state index in [0.717, 1.165) is 5.92 Å². The summed E-state index contributed by atoms with van der Waals surface area (Å²) in [4.78, 5) is 0. The molecule has 0 radical (unpaired) electrons. The fourth-order valence-electron chi connectivity index (χ4n) is 1.99. The topological polar surface area (TPSA) is 0 Å². The lowest BCUT2D eigenvalue weighted by Crippen LogP contribution is -2.03. The van der Waals surface area contributed by atoms with Crippen LogP contribution in [0, 0.1) is 5.92 Å². The Kier molecular flexibility index (Phi) is 1.40. The van der Waals surface area contributed by atoms with Gasteiger partial charge in [0.05, 0.1) is 0 Å². The second-order valence-electron chi connectivity index (χ2n) is 3.58. The van der Waals surface area contributed by atoms with Crippen molar-refractivity contribution in [3.8, 4) is 0 Å². The molecule has 0 saturated carbocycles. The van der Waals surface area contributed by atoms with Crippen LogP contribution < -0.4 is 0 Å². The van der Waals surface area contributed by atoms with Gasteiger partial charge < -0.3 is 0 Å². The normalized spacial score (nSPS) is 31.1. The van der Waals surface area contributed by atoms with Gasteiger partial charge in [0.25, 0.3) is 0 Å². The average molecular weight is 134 g/mol. The van der Waals surface area contributed by atoms with Gasteiger partial charge in [-0.15, -0.1) is 0 Å². The maximum atomic E-state index is 2.36. The highest BCUT2D eigenvalue weighted by atomic mass is 14.2. The van der Waals surface area contributed by atoms with E-state index in [1.54, 1.807) is 11.1 Å². The highest BCUT2D eigenvalue weighted by Gasteiger charge is 2.17. The molecule has 0 spiro atoms. The van der Waals surface area contributed by atoms with Crippen molar-refractivity contribution < 1.29 is 0 Å². The zero-order valence-corrected chi connectivity index (χ0v) is 6.56. The van der Waals surface area contributed by atoms with Gasteiger partial charge in [0.15, 0.2) is 0 Å². The van der Waals surface area contributed by atoms with Crippen molar-refractivity contribution in [3.63, 3.8) is 0 Å². The molecule has 2 rings (SSSR count). The third-order valence-corrected chi connectivity index (χ3v) is 2.64. The number of allylic oxidation sites excluding steroid dienone is 4. The Morgan fingerprint density at radius 1 is 1.50 bits per heavy atom. The smallest absolute Gasteiger partial charge is 0.0130 e. The molecular weight excluding hydrogens is 120 g/mol. The van der Waals surface area contributed by atoms with E-state index >= 15 is 0 Å². The highest BCUT2D eigenvalue weighted by molar-refractivity contribution is 5.35. The first-order valence-corrected chi connectivity index (χ1v) is 4.23. The third kappa shape index (κ3) is 0.920. The van der Waals surface area contributed by atoms with Gasteiger partial charge in [0.1, 0.15) is 0 Å². The molecule has 2 aliphatic rings. The Balaban J connectivity index is 2.18. The minimum atomic E-state index is 0.943. The standard InChI is InChI=1S/C10H14/c1-8-5-6-9-3-2-4-10(9)7-8/h2-3,8H,4-7H2,1H3/t8-/m0/s1. The molecule has 0 aliphatic heterocycles. The summed E-state index contributed by atoms with van der Waals surface area (Å²) < 4.78 is 0. The summed E-state index contributed by atoms with van der Waals surface area (Å²) in [5.41, 5.74) is 3.37. The Hall–Kier alpha value is -0.520. The maximum absolute atomic E-state index is 2.36. The van der Waals surface area contributed by atoms with Crippen molar-refractivity contribution in [3.05, 3.63) is 23.3 Å². The van der Waals surface area contributed by atoms with Crippen molar-refractivity contribution >= 4 is 0 Å². The first-order chi connectivity index (χ1) is 4.86. The molecule has 0 heterocycles. The Labute approximate surface area is 62.6 Å². The molecule has 0 N–H and O–H groups in total. The molecule has 0 unspecified atom stereocenters. The molecule has 1 atom stereocenters. The minimum Gasteiger partial charge on any atom is -0.0802 e. The number of rotatable bonds is 0. The van der Waals surface area contributed by atoms with E-state index in [1.807, 2.05) is 0 Å². The molecule has 10 heavy (non-hydrogen) atoms. The first kappa shape index (κ1) is 6.21. The lowest BCUT2D eigenvalue weighted by Gasteiger charge is -2.19. The van der Waals surface area contributed by atoms with E-state index in [4.69, 9.17) is 0 Å². The summed E-state index contributed by atoms with van der Waals surface area (Å²) in [5.74, 6) is 0.943. The van der Waals surface area contributed by atoms with Crippen LogP contribution in [0.25, 0.3) is 0 Å². The largest absolute Gasteiger partial charge is 0.0802 e. The van der Waals surface area contributed by atoms with Crippen LogP contribution in [0.15, 0.2) is 23.3 Å². The van der Waals surface area contributed by atoms with Crippen LogP contribution in [0.5, 0.6) is 0 Å². The van der Waals surface area contributed by atoms with Crippen LogP contribution in [-0.4, -0.2) is 0 Å². The molecule has 0 nitrogen and oxygen atoms in total. The lowest BCUT2D eigenvalue weighted by molar-refractivity contribution is 0.499. The third-order valence-electron chi connectivity index (χ3n) is 2.64. The lowest BCUT2D eigenvalue weighted by atomic mass is 9.86. The zero-order valence-electron chi connectivity index (χ0n) is 6.56. The van der Waals surface area contributed by atoms with Crippen molar-refractivity contribution in [2.45, 2.75) is 32.6 Å². The van der Waals surface area contributed by atoms with Gasteiger partial charge in [-0.05, 0) is 37.2 Å². The fraction of sp³-hybridized carbons (Fsp3) is 0.600. The quantitative estimate of drug-likeness (QED) is 0.477. The van der Waals surface area contributed by atoms with Crippen LogP contribution in [0.3, 0.4) is 0 Å². The van der Waals surface area contributed by atoms with Crippen molar-refractivity contribution in [1.29, 1.82) is 0 Å². The summed E-state index contributed by atoms with van der Waals surface area (Å²) in [6.07, 6.45) is 9.99. The summed E-state index contributed by atoms with van der Waals surface area (Å²) >= 11 is 0. The van der Waals surface area contributed by atoms with Gasteiger partial charge in [-0.1, -0.05) is 24.6 Å². The zero-order chi connectivity index (χ0) is 6.97. The second-order valence-corrected chi connectivity index (χ2v) is 3.58. The van der Waals surface area contributed by atoms with Gasteiger partial charge in [0.2, 0.25) is 0 Å². The van der Waals surface area contributed by atoms with Crippen LogP contribution in [0.1, 0.15) is 32.6 Å². The molecule has 0 heteroatoms. The molecule has 0 saturated heterocycles. The van der Waals surface area contributed by atoms with E-state index in [9.17, 15) is 0 Å². The summed E-state index contributed by atoms with van der Waals surface area (Å²) in [6.45, 7) is 2.36. The monoisotopic (exact) mass is 134 g/mol. The van der Waals surface area contributed by atoms with Gasteiger partial charge in [0, 0.05) is 0 Å². The second kappa shape index (κ2) is 2.26. The van der Waals surface area contributed by atoms with Gasteiger partial charge >= 0.3 is 0 Å². The van der Waals surface area contributed by atoms with E-state index in [-0.39, 0.29) is 0 Å². The van der Waals surface area contributed by atoms with E-state index in [1.165, 1.54) is 25.7 Å². The van der Waals surface area contributed by atoms with Crippen LogP contribution in [-0.2, 0) is 0 Å². The molecule has 0 aromatic heterocycles. The Bertz CT molecular complexity index is 196. The van der Waals surface area contributed by atoms with Crippen LogP contribution >= 0.6 is 0 Å². The van der Waals surface area contributed by atoms with Crippen molar-refractivity contribution in [1.82, 2.24) is 0 Å². The van der Waals surface area contributed by atoms with Crippen molar-refractivity contribution in [2.75, 3.05) is 0 Å². The summed E-state index contributed by atoms with van der Waals surface area (Å²) in [7, 11) is 0. The van der Waals surface area contributed by atoms with E-state index in [2.05, 4.69) is 19.1 Å². The van der Waals surface area contributed by atoms with Gasteiger partial charge in [-0.2, -0.15) is 0 Å². The predicted octanol–water partition coefficient (Wildman–Crippen LogP) is 3.06. The summed E-state index contributed by atoms with van der Waals surface area (Å²) in [5, 5.41) is 0. The molecule has 0 aromatic rings. The molecule has 0 aromatic carbocycles.